The fourth-order valence-corrected chi connectivity index (χ4v) is 4.34. The molecule has 3 atom stereocenters. The van der Waals surface area contributed by atoms with Gasteiger partial charge in [0.15, 0.2) is 0 Å². The summed E-state index contributed by atoms with van der Waals surface area (Å²) in [6.45, 7) is 7.79. The molecule has 1 rings (SSSR count). The second-order valence-corrected chi connectivity index (χ2v) is 11.9. The maximum atomic E-state index is 13.2. The lowest BCUT2D eigenvalue weighted by atomic mass is 10.0. The number of methoxy groups -OCH3 is 1. The lowest BCUT2D eigenvalue weighted by Gasteiger charge is -2.25. The number of hydrogen-bond donors (Lipinski definition) is 6. The van der Waals surface area contributed by atoms with Gasteiger partial charge in [-0.05, 0) is 48.6 Å². The Balaban J connectivity index is 2.79. The van der Waals surface area contributed by atoms with Gasteiger partial charge in [0.2, 0.25) is 17.7 Å². The summed E-state index contributed by atoms with van der Waals surface area (Å²) in [5, 5.41) is 19.5. The van der Waals surface area contributed by atoms with Crippen LogP contribution in [0.5, 0.6) is 0 Å². The lowest BCUT2D eigenvalue weighted by Crippen LogP contribution is -2.57. The summed E-state index contributed by atoms with van der Waals surface area (Å²) in [4.78, 5) is 73.9. The van der Waals surface area contributed by atoms with Gasteiger partial charge in [0.1, 0.15) is 18.1 Å². The van der Waals surface area contributed by atoms with Crippen LogP contribution in [0.25, 0.3) is 0 Å². The number of ether oxygens (including phenoxy) is 2. The molecule has 4 amide bonds. The minimum atomic E-state index is -1.26. The summed E-state index contributed by atoms with van der Waals surface area (Å²) in [5.41, 5.74) is 1.96. The van der Waals surface area contributed by atoms with Crippen molar-refractivity contribution >= 4 is 48.4 Å². The highest BCUT2D eigenvalue weighted by Crippen LogP contribution is 2.10. The zero-order valence-electron chi connectivity index (χ0n) is 26.7. The Bertz CT molecular complexity index is 1130. The standard InChI is InChI=1S/C31H48N4O9S/c1-19(2)16-24(33-29(40)23(11-12-26(36)37)35-31(42)44-17-20(3)4)30(41)34-25(18-45)28(39)32-15-14-22-8-6-21(7-9-22)10-13-27(38)43-5/h6-9,19-20,23-25,45H,10-18H2,1-5H3,(H,32,39)(H,33,40)(H,34,41)(H,35,42)(H,36,37)/t23-,24-,25-/m0/s1. The molecule has 1 aromatic rings. The van der Waals surface area contributed by atoms with Gasteiger partial charge in [0, 0.05) is 25.1 Å². The average Bonchev–Trinajstić information content (AvgIpc) is 2.99. The van der Waals surface area contributed by atoms with E-state index in [-0.39, 0.29) is 43.0 Å². The summed E-state index contributed by atoms with van der Waals surface area (Å²) < 4.78 is 9.72. The quantitative estimate of drug-likeness (QED) is 0.0904. The predicted octanol–water partition coefficient (Wildman–Crippen LogP) is 2.01. The molecule has 1 aromatic carbocycles. The number of carbonyl (C=O) groups excluding carboxylic acids is 5. The number of thiol groups is 1. The number of aliphatic carboxylic acids is 1. The Morgan fingerprint density at radius 1 is 0.778 bits per heavy atom. The van der Waals surface area contributed by atoms with Crippen molar-refractivity contribution in [2.75, 3.05) is 26.0 Å². The fraction of sp³-hybridized carbons (Fsp3) is 0.613. The van der Waals surface area contributed by atoms with Gasteiger partial charge in [-0.3, -0.25) is 24.0 Å². The Labute approximate surface area is 270 Å². The topological polar surface area (TPSA) is 189 Å². The molecule has 13 nitrogen and oxygen atoms in total. The van der Waals surface area contributed by atoms with E-state index in [4.69, 9.17) is 9.84 Å². The number of hydrogen-bond acceptors (Lipinski definition) is 9. The molecule has 0 aliphatic rings. The highest BCUT2D eigenvalue weighted by Gasteiger charge is 2.30. The van der Waals surface area contributed by atoms with E-state index in [1.54, 1.807) is 0 Å². The van der Waals surface area contributed by atoms with E-state index in [0.29, 0.717) is 25.8 Å². The largest absolute Gasteiger partial charge is 0.481 e. The van der Waals surface area contributed by atoms with Gasteiger partial charge in [-0.1, -0.05) is 52.0 Å². The minimum Gasteiger partial charge on any atom is -0.481 e. The Morgan fingerprint density at radius 2 is 1.36 bits per heavy atom. The van der Waals surface area contributed by atoms with Crippen LogP contribution in [-0.2, 0) is 46.3 Å². The van der Waals surface area contributed by atoms with E-state index in [9.17, 15) is 28.8 Å². The van der Waals surface area contributed by atoms with Gasteiger partial charge in [-0.25, -0.2) is 4.79 Å². The van der Waals surface area contributed by atoms with Crippen LogP contribution in [0.4, 0.5) is 4.79 Å². The molecule has 45 heavy (non-hydrogen) atoms. The van der Waals surface area contributed by atoms with E-state index < -0.39 is 54.3 Å². The SMILES string of the molecule is COC(=O)CCc1ccc(CCNC(=O)[C@H](CS)NC(=O)[C@H](CC(C)C)NC(=O)[C@H](CCC(=O)O)NC(=O)OCC(C)C)cc1. The van der Waals surface area contributed by atoms with Crippen LogP contribution in [-0.4, -0.2) is 85.0 Å². The van der Waals surface area contributed by atoms with Gasteiger partial charge >= 0.3 is 18.0 Å². The molecule has 0 spiro atoms. The van der Waals surface area contributed by atoms with Crippen LogP contribution < -0.4 is 21.3 Å². The molecule has 0 aliphatic carbocycles. The average molecular weight is 653 g/mol. The maximum Gasteiger partial charge on any atom is 0.407 e. The third-order valence-corrected chi connectivity index (χ3v) is 6.91. The van der Waals surface area contributed by atoms with Crippen molar-refractivity contribution in [3.8, 4) is 0 Å². The van der Waals surface area contributed by atoms with Crippen molar-refractivity contribution < 1.29 is 43.3 Å². The van der Waals surface area contributed by atoms with Gasteiger partial charge in [0.05, 0.1) is 13.7 Å². The van der Waals surface area contributed by atoms with Gasteiger partial charge < -0.3 is 35.8 Å². The predicted molar refractivity (Wildman–Crippen MR) is 171 cm³/mol. The Hall–Kier alpha value is -3.81. The van der Waals surface area contributed by atoms with Gasteiger partial charge in [0.25, 0.3) is 0 Å². The molecule has 0 heterocycles. The van der Waals surface area contributed by atoms with Gasteiger partial charge in [-0.2, -0.15) is 12.6 Å². The van der Waals surface area contributed by atoms with Crippen LogP contribution in [0, 0.1) is 11.8 Å². The molecule has 0 aromatic heterocycles. The molecule has 14 heteroatoms. The summed E-state index contributed by atoms with van der Waals surface area (Å²) in [7, 11) is 1.35. The number of alkyl carbamates (subject to hydrolysis) is 1. The number of aryl methyl sites for hydroxylation is 1. The first-order chi connectivity index (χ1) is 21.2. The third-order valence-electron chi connectivity index (χ3n) is 6.54. The van der Waals surface area contributed by atoms with E-state index in [0.717, 1.165) is 11.1 Å². The molecule has 0 aliphatic heterocycles. The first-order valence-corrected chi connectivity index (χ1v) is 15.7. The highest BCUT2D eigenvalue weighted by atomic mass is 32.1. The molecule has 0 saturated carbocycles. The molecule has 0 radical (unpaired) electrons. The molecule has 0 bridgehead atoms. The number of nitrogens with one attached hydrogen (secondary N) is 4. The zero-order valence-corrected chi connectivity index (χ0v) is 27.6. The first-order valence-electron chi connectivity index (χ1n) is 15.0. The van der Waals surface area contributed by atoms with E-state index >= 15 is 0 Å². The molecular formula is C31H48N4O9S. The number of amides is 4. The van der Waals surface area contributed by atoms with Crippen molar-refractivity contribution in [2.24, 2.45) is 11.8 Å². The van der Waals surface area contributed by atoms with E-state index in [2.05, 4.69) is 38.6 Å². The summed E-state index contributed by atoms with van der Waals surface area (Å²) in [6.07, 6.45) is 0.122. The second-order valence-electron chi connectivity index (χ2n) is 11.5. The molecule has 0 saturated heterocycles. The smallest absolute Gasteiger partial charge is 0.407 e. The molecular weight excluding hydrogens is 604 g/mol. The van der Waals surface area contributed by atoms with Crippen molar-refractivity contribution in [1.29, 1.82) is 0 Å². The van der Waals surface area contributed by atoms with Crippen LogP contribution in [0.15, 0.2) is 24.3 Å². The zero-order chi connectivity index (χ0) is 33.9. The van der Waals surface area contributed by atoms with Crippen molar-refractivity contribution in [1.82, 2.24) is 21.3 Å². The molecule has 0 unspecified atom stereocenters. The number of rotatable bonds is 20. The van der Waals surface area contributed by atoms with Crippen molar-refractivity contribution in [3.63, 3.8) is 0 Å². The number of carboxylic acid groups (broad SMARTS) is 1. The van der Waals surface area contributed by atoms with E-state index in [1.807, 2.05) is 52.0 Å². The number of esters is 1. The summed E-state index contributed by atoms with van der Waals surface area (Å²) in [6, 6.07) is 4.35. The van der Waals surface area contributed by atoms with Crippen LogP contribution in [0.2, 0.25) is 0 Å². The minimum absolute atomic E-state index is 0.000701. The molecule has 0 fully saturated rings. The normalized spacial score (nSPS) is 12.9. The second kappa shape index (κ2) is 21.0. The van der Waals surface area contributed by atoms with Gasteiger partial charge in [-0.15, -0.1) is 0 Å². The Kier molecular flexibility index (Phi) is 18.3. The van der Waals surface area contributed by atoms with Crippen molar-refractivity contribution in [3.05, 3.63) is 35.4 Å². The van der Waals surface area contributed by atoms with Crippen LogP contribution >= 0.6 is 12.6 Å². The third kappa shape index (κ3) is 16.7. The number of benzene rings is 1. The van der Waals surface area contributed by atoms with Crippen LogP contribution in [0.3, 0.4) is 0 Å². The molecule has 252 valence electrons. The summed E-state index contributed by atoms with van der Waals surface area (Å²) >= 11 is 4.22. The fourth-order valence-electron chi connectivity index (χ4n) is 4.08. The Morgan fingerprint density at radius 3 is 1.89 bits per heavy atom. The maximum absolute atomic E-state index is 13.2. The van der Waals surface area contributed by atoms with Crippen LogP contribution in [0.1, 0.15) is 64.5 Å². The number of carboxylic acids is 1. The lowest BCUT2D eigenvalue weighted by molar-refractivity contribution is -0.140. The highest BCUT2D eigenvalue weighted by molar-refractivity contribution is 7.80. The summed E-state index contributed by atoms with van der Waals surface area (Å²) in [5.74, 6) is -3.23. The molecule has 5 N–H and O–H groups in total. The van der Waals surface area contributed by atoms with E-state index in [1.165, 1.54) is 7.11 Å². The first kappa shape index (κ1) is 39.2. The monoisotopic (exact) mass is 652 g/mol. The number of carbonyl (C=O) groups is 6. The van der Waals surface area contributed by atoms with Crippen molar-refractivity contribution in [2.45, 2.75) is 84.3 Å².